The third kappa shape index (κ3) is 3.89. The fourth-order valence-corrected chi connectivity index (χ4v) is 3.12. The van der Waals surface area contributed by atoms with Crippen LogP contribution in [0.5, 0.6) is 5.75 Å². The van der Waals surface area contributed by atoms with Crippen LogP contribution < -0.4 is 0 Å². The number of carbonyl (C=O) groups is 3. The zero-order chi connectivity index (χ0) is 21.1. The highest BCUT2D eigenvalue weighted by atomic mass is 16.7. The molecule has 1 atom stereocenters. The molecular formula is C22H18O7. The molecule has 2 N–H and O–H groups in total. The predicted octanol–water partition coefficient (Wildman–Crippen LogP) is 4.02. The molecule has 7 nitrogen and oxygen atoms in total. The van der Waals surface area contributed by atoms with Gasteiger partial charge in [0.15, 0.2) is 0 Å². The Bertz CT molecular complexity index is 1150. The number of phenolic OH excluding ortho intramolecular Hbond substituents is 1. The van der Waals surface area contributed by atoms with E-state index in [9.17, 15) is 24.6 Å². The van der Waals surface area contributed by atoms with Crippen molar-refractivity contribution in [1.82, 2.24) is 0 Å². The van der Waals surface area contributed by atoms with Crippen LogP contribution in [0.25, 0.3) is 21.5 Å². The van der Waals surface area contributed by atoms with E-state index in [1.165, 1.54) is 18.2 Å². The number of hydrogen-bond acceptors (Lipinski definition) is 6. The number of phenols is 1. The molecule has 0 radical (unpaired) electrons. The lowest BCUT2D eigenvalue weighted by molar-refractivity contribution is -0.162. The van der Waals surface area contributed by atoms with Crippen LogP contribution in [0.4, 0.5) is 0 Å². The van der Waals surface area contributed by atoms with Gasteiger partial charge in [-0.05, 0) is 29.0 Å². The van der Waals surface area contributed by atoms with Crippen molar-refractivity contribution in [1.29, 1.82) is 0 Å². The van der Waals surface area contributed by atoms with E-state index in [0.717, 1.165) is 6.08 Å². The first-order valence-corrected chi connectivity index (χ1v) is 8.81. The Morgan fingerprint density at radius 1 is 1.03 bits per heavy atom. The van der Waals surface area contributed by atoms with Gasteiger partial charge in [0.05, 0.1) is 11.1 Å². The summed E-state index contributed by atoms with van der Waals surface area (Å²) in [7, 11) is 0. The van der Waals surface area contributed by atoms with E-state index in [0.29, 0.717) is 21.5 Å². The summed E-state index contributed by atoms with van der Waals surface area (Å²) < 4.78 is 10.3. The van der Waals surface area contributed by atoms with Crippen molar-refractivity contribution in [2.75, 3.05) is 0 Å². The second kappa shape index (κ2) is 8.02. The van der Waals surface area contributed by atoms with Crippen molar-refractivity contribution in [3.63, 3.8) is 0 Å². The van der Waals surface area contributed by atoms with Crippen molar-refractivity contribution in [3.05, 3.63) is 66.2 Å². The highest BCUT2D eigenvalue weighted by molar-refractivity contribution is 6.22. The van der Waals surface area contributed by atoms with E-state index in [1.54, 1.807) is 31.2 Å². The van der Waals surface area contributed by atoms with Gasteiger partial charge in [-0.25, -0.2) is 14.4 Å². The number of hydrogen-bond donors (Lipinski definition) is 2. The summed E-state index contributed by atoms with van der Waals surface area (Å²) in [6, 6.07) is 10.8. The molecule has 7 heteroatoms. The number of rotatable bonds is 6. The largest absolute Gasteiger partial charge is 0.508 e. The second-order valence-corrected chi connectivity index (χ2v) is 6.25. The Kier molecular flexibility index (Phi) is 5.50. The summed E-state index contributed by atoms with van der Waals surface area (Å²) in [5, 5.41) is 21.4. The Morgan fingerprint density at radius 2 is 1.72 bits per heavy atom. The van der Waals surface area contributed by atoms with Gasteiger partial charge in [0.25, 0.3) is 0 Å². The maximum atomic E-state index is 12.9. The molecule has 0 amide bonds. The van der Waals surface area contributed by atoms with E-state index in [-0.39, 0.29) is 23.3 Å². The average Bonchev–Trinajstić information content (AvgIpc) is 2.71. The van der Waals surface area contributed by atoms with Crippen molar-refractivity contribution in [2.45, 2.75) is 19.6 Å². The van der Waals surface area contributed by atoms with Crippen molar-refractivity contribution in [3.8, 4) is 5.75 Å². The van der Waals surface area contributed by atoms with Gasteiger partial charge in [0.1, 0.15) is 5.75 Å². The summed E-state index contributed by atoms with van der Waals surface area (Å²) in [5.41, 5.74) is -0.0228. The average molecular weight is 394 g/mol. The lowest BCUT2D eigenvalue weighted by Gasteiger charge is -2.17. The SMILES string of the molecule is C=CC(=O)OC(CC)OC(=O)c1cc(O)cc2ccc3cccc(C(=O)O)c3c12. The minimum absolute atomic E-state index is 0.0120. The summed E-state index contributed by atoms with van der Waals surface area (Å²) in [6.07, 6.45) is -0.00452. The molecule has 3 aromatic carbocycles. The van der Waals surface area contributed by atoms with Gasteiger partial charge >= 0.3 is 17.9 Å². The quantitative estimate of drug-likeness (QED) is 0.281. The molecule has 0 aliphatic heterocycles. The maximum absolute atomic E-state index is 12.9. The van der Waals surface area contributed by atoms with E-state index in [1.807, 2.05) is 0 Å². The van der Waals surface area contributed by atoms with E-state index in [2.05, 4.69) is 6.58 Å². The maximum Gasteiger partial charge on any atom is 0.342 e. The third-order valence-corrected chi connectivity index (χ3v) is 4.38. The van der Waals surface area contributed by atoms with E-state index >= 15 is 0 Å². The second-order valence-electron chi connectivity index (χ2n) is 6.25. The standard InChI is InChI=1S/C22H18O7/c1-3-17(24)28-18(4-2)29-22(27)16-11-14(23)10-13-9-8-12-6-5-7-15(21(25)26)19(12)20(13)16/h3,5-11,18,23H,1,4H2,2H3,(H,25,26). The molecule has 29 heavy (non-hydrogen) atoms. The number of fused-ring (bicyclic) bond motifs is 3. The van der Waals surface area contributed by atoms with Gasteiger partial charge in [0.2, 0.25) is 6.29 Å². The Morgan fingerprint density at radius 3 is 2.38 bits per heavy atom. The molecule has 0 spiro atoms. The topological polar surface area (TPSA) is 110 Å². The van der Waals surface area contributed by atoms with Crippen LogP contribution in [-0.4, -0.2) is 34.4 Å². The fraction of sp³-hybridized carbons (Fsp3) is 0.136. The van der Waals surface area contributed by atoms with Gasteiger partial charge in [-0.15, -0.1) is 0 Å². The lowest BCUT2D eigenvalue weighted by atomic mass is 9.94. The van der Waals surface area contributed by atoms with Crippen LogP contribution in [0, 0.1) is 0 Å². The normalized spacial score (nSPS) is 11.8. The molecule has 0 aliphatic rings. The van der Waals surface area contributed by atoms with Crippen LogP contribution in [0.2, 0.25) is 0 Å². The minimum Gasteiger partial charge on any atom is -0.508 e. The molecule has 0 bridgehead atoms. The molecule has 0 aliphatic carbocycles. The summed E-state index contributed by atoms with van der Waals surface area (Å²) in [6.45, 7) is 4.95. The zero-order valence-corrected chi connectivity index (χ0v) is 15.5. The number of aromatic hydroxyl groups is 1. The molecule has 3 rings (SSSR count). The van der Waals surface area contributed by atoms with Gasteiger partial charge in [-0.1, -0.05) is 37.8 Å². The molecular weight excluding hydrogens is 376 g/mol. The van der Waals surface area contributed by atoms with Crippen LogP contribution >= 0.6 is 0 Å². The fourth-order valence-electron chi connectivity index (χ4n) is 3.12. The Hall–Kier alpha value is -3.87. The highest BCUT2D eigenvalue weighted by Gasteiger charge is 2.22. The number of carboxylic acid groups (broad SMARTS) is 1. The molecule has 0 heterocycles. The molecule has 1 unspecified atom stereocenters. The minimum atomic E-state index is -1.15. The smallest absolute Gasteiger partial charge is 0.342 e. The van der Waals surface area contributed by atoms with Gasteiger partial charge in [-0.3, -0.25) is 0 Å². The first-order chi connectivity index (χ1) is 13.8. The number of carbonyl (C=O) groups excluding carboxylic acids is 2. The lowest BCUT2D eigenvalue weighted by Crippen LogP contribution is -2.23. The number of aromatic carboxylic acids is 1. The van der Waals surface area contributed by atoms with Crippen molar-refractivity contribution < 1.29 is 34.1 Å². The third-order valence-electron chi connectivity index (χ3n) is 4.38. The van der Waals surface area contributed by atoms with Crippen LogP contribution in [0.1, 0.15) is 34.1 Å². The monoisotopic (exact) mass is 394 g/mol. The van der Waals surface area contributed by atoms with Gasteiger partial charge < -0.3 is 19.7 Å². The molecule has 0 saturated heterocycles. The molecule has 148 valence electrons. The van der Waals surface area contributed by atoms with Crippen LogP contribution in [0.3, 0.4) is 0 Å². The highest BCUT2D eigenvalue weighted by Crippen LogP contribution is 2.34. The zero-order valence-electron chi connectivity index (χ0n) is 15.5. The Balaban J connectivity index is 2.21. The summed E-state index contributed by atoms with van der Waals surface area (Å²) in [5.74, 6) is -2.94. The van der Waals surface area contributed by atoms with Crippen molar-refractivity contribution >= 4 is 39.5 Å². The molecule has 0 fully saturated rings. The molecule has 0 saturated carbocycles. The number of ether oxygens (including phenoxy) is 2. The van der Waals surface area contributed by atoms with Crippen molar-refractivity contribution in [2.24, 2.45) is 0 Å². The van der Waals surface area contributed by atoms with E-state index < -0.39 is 24.2 Å². The Labute approximate surface area is 165 Å². The first-order valence-electron chi connectivity index (χ1n) is 8.81. The van der Waals surface area contributed by atoms with E-state index in [4.69, 9.17) is 9.47 Å². The summed E-state index contributed by atoms with van der Waals surface area (Å²) >= 11 is 0. The van der Waals surface area contributed by atoms with Gasteiger partial charge in [0, 0.05) is 23.3 Å². The molecule has 3 aromatic rings. The number of carboxylic acids is 1. The summed E-state index contributed by atoms with van der Waals surface area (Å²) in [4.78, 5) is 36.1. The first kappa shape index (κ1) is 19.9. The van der Waals surface area contributed by atoms with Crippen LogP contribution in [-0.2, 0) is 14.3 Å². The number of esters is 2. The number of benzene rings is 3. The molecule has 0 aromatic heterocycles. The van der Waals surface area contributed by atoms with Crippen LogP contribution in [0.15, 0.2) is 55.1 Å². The van der Waals surface area contributed by atoms with Gasteiger partial charge in [-0.2, -0.15) is 0 Å². The predicted molar refractivity (Wildman–Crippen MR) is 106 cm³/mol.